The maximum Gasteiger partial charge on any atom is 0.0520 e. The lowest BCUT2D eigenvalue weighted by Crippen LogP contribution is -2.09. The molecule has 0 fully saturated rings. The third kappa shape index (κ3) is 1.95. The second kappa shape index (κ2) is 4.27. The number of fused-ring (bicyclic) bond motifs is 2. The van der Waals surface area contributed by atoms with Gasteiger partial charge >= 0.3 is 0 Å². The Morgan fingerprint density at radius 3 is 2.11 bits per heavy atom. The number of rotatable bonds is 1. The Bertz CT molecular complexity index is 769. The fraction of sp³-hybridized carbons (Fsp3) is 0.222. The number of hydrogen-bond donors (Lipinski definition) is 0. The molecule has 0 aromatic heterocycles. The molecule has 0 unspecified atom stereocenters. The highest BCUT2D eigenvalue weighted by Gasteiger charge is 2.09. The first kappa shape index (κ1) is 12.0. The second-order valence-electron chi connectivity index (χ2n) is 5.57. The van der Waals surface area contributed by atoms with E-state index in [1.807, 2.05) is 0 Å². The van der Waals surface area contributed by atoms with Crippen molar-refractivity contribution in [2.75, 3.05) is 19.0 Å². The van der Waals surface area contributed by atoms with Crippen LogP contribution in [0.5, 0.6) is 0 Å². The third-order valence-electron chi connectivity index (χ3n) is 3.68. The summed E-state index contributed by atoms with van der Waals surface area (Å²) in [5, 5.41) is 5.29. The molecular formula is C18H19N. The van der Waals surface area contributed by atoms with Gasteiger partial charge in [0.1, 0.15) is 0 Å². The van der Waals surface area contributed by atoms with Gasteiger partial charge in [-0.2, -0.15) is 0 Å². The highest BCUT2D eigenvalue weighted by Crippen LogP contribution is 2.35. The monoisotopic (exact) mass is 249 g/mol. The van der Waals surface area contributed by atoms with E-state index in [1.54, 1.807) is 0 Å². The molecule has 3 aromatic carbocycles. The van der Waals surface area contributed by atoms with Crippen LogP contribution < -0.4 is 4.90 Å². The van der Waals surface area contributed by atoms with Gasteiger partial charge in [-0.1, -0.05) is 41.5 Å². The van der Waals surface area contributed by atoms with Crippen molar-refractivity contribution in [2.45, 2.75) is 13.8 Å². The molecule has 0 bridgehead atoms. The van der Waals surface area contributed by atoms with E-state index in [4.69, 9.17) is 0 Å². The fourth-order valence-electron chi connectivity index (χ4n) is 2.81. The molecule has 0 aliphatic heterocycles. The number of nitrogens with zero attached hydrogens (tertiary/aromatic N) is 1. The van der Waals surface area contributed by atoms with Crippen LogP contribution in [0.4, 0.5) is 5.69 Å². The van der Waals surface area contributed by atoms with Crippen LogP contribution in [0.1, 0.15) is 11.1 Å². The van der Waals surface area contributed by atoms with Gasteiger partial charge in [-0.25, -0.2) is 0 Å². The first-order chi connectivity index (χ1) is 9.06. The summed E-state index contributed by atoms with van der Waals surface area (Å²) in [6.07, 6.45) is 0. The van der Waals surface area contributed by atoms with Gasteiger partial charge in [-0.3, -0.25) is 0 Å². The fourth-order valence-corrected chi connectivity index (χ4v) is 2.81. The molecule has 0 saturated heterocycles. The van der Waals surface area contributed by atoms with E-state index in [0.717, 1.165) is 0 Å². The smallest absolute Gasteiger partial charge is 0.0520 e. The highest BCUT2D eigenvalue weighted by atomic mass is 15.1. The minimum absolute atomic E-state index is 1.31. The minimum atomic E-state index is 1.31. The summed E-state index contributed by atoms with van der Waals surface area (Å²) in [5.74, 6) is 0. The lowest BCUT2D eigenvalue weighted by atomic mass is 9.98. The first-order valence-electron chi connectivity index (χ1n) is 6.67. The summed E-state index contributed by atoms with van der Waals surface area (Å²) in [6, 6.07) is 15.7. The van der Waals surface area contributed by atoms with Gasteiger partial charge in [0, 0.05) is 24.9 Å². The van der Waals surface area contributed by atoms with E-state index in [-0.39, 0.29) is 0 Å². The third-order valence-corrected chi connectivity index (χ3v) is 3.68. The molecule has 3 rings (SSSR count). The first-order valence-corrected chi connectivity index (χ1v) is 6.67. The van der Waals surface area contributed by atoms with Crippen LogP contribution in [0.3, 0.4) is 0 Å². The summed E-state index contributed by atoms with van der Waals surface area (Å²) in [5.41, 5.74) is 3.93. The lowest BCUT2D eigenvalue weighted by molar-refractivity contribution is 1.15. The van der Waals surface area contributed by atoms with Gasteiger partial charge in [0.05, 0.1) is 5.69 Å². The molecular weight excluding hydrogens is 230 g/mol. The van der Waals surface area contributed by atoms with E-state index < -0.39 is 0 Å². The van der Waals surface area contributed by atoms with Crippen molar-refractivity contribution in [3.63, 3.8) is 0 Å². The Balaban J connectivity index is 2.53. The number of anilines is 1. The lowest BCUT2D eigenvalue weighted by Gasteiger charge is -2.19. The zero-order valence-electron chi connectivity index (χ0n) is 12.0. The predicted molar refractivity (Wildman–Crippen MR) is 85.3 cm³/mol. The van der Waals surface area contributed by atoms with Crippen molar-refractivity contribution in [3.05, 3.63) is 53.6 Å². The normalized spacial score (nSPS) is 11.2. The van der Waals surface area contributed by atoms with Gasteiger partial charge in [0.15, 0.2) is 0 Å². The molecule has 0 N–H and O–H groups in total. The van der Waals surface area contributed by atoms with Crippen LogP contribution in [-0.4, -0.2) is 14.1 Å². The minimum Gasteiger partial charge on any atom is -0.377 e. The standard InChI is InChI=1S/C18H19N/c1-12-6-8-16-15(9-12)11-14-7-5-13(2)10-17(14)18(16)19(3)4/h5-11H,1-4H3. The van der Waals surface area contributed by atoms with E-state index in [1.165, 1.54) is 38.4 Å². The van der Waals surface area contributed by atoms with Crippen LogP contribution in [0.15, 0.2) is 42.5 Å². The number of hydrogen-bond acceptors (Lipinski definition) is 1. The molecule has 0 amide bonds. The molecule has 0 saturated carbocycles. The van der Waals surface area contributed by atoms with Crippen LogP contribution >= 0.6 is 0 Å². The van der Waals surface area contributed by atoms with Crippen molar-refractivity contribution < 1.29 is 0 Å². The van der Waals surface area contributed by atoms with Crippen molar-refractivity contribution in [1.82, 2.24) is 0 Å². The molecule has 0 spiro atoms. The number of benzene rings is 3. The Kier molecular flexibility index (Phi) is 2.70. The van der Waals surface area contributed by atoms with Gasteiger partial charge in [-0.15, -0.1) is 0 Å². The summed E-state index contributed by atoms with van der Waals surface area (Å²) in [6.45, 7) is 4.30. The Labute approximate surface area is 114 Å². The summed E-state index contributed by atoms with van der Waals surface area (Å²) >= 11 is 0. The van der Waals surface area contributed by atoms with E-state index in [9.17, 15) is 0 Å². The van der Waals surface area contributed by atoms with Crippen molar-refractivity contribution in [2.24, 2.45) is 0 Å². The highest BCUT2D eigenvalue weighted by molar-refractivity contribution is 6.11. The average Bonchev–Trinajstić information content (AvgIpc) is 2.35. The van der Waals surface area contributed by atoms with Gasteiger partial charge < -0.3 is 4.90 Å². The summed E-state index contributed by atoms with van der Waals surface area (Å²) in [7, 11) is 4.24. The molecule has 1 heteroatoms. The predicted octanol–water partition coefficient (Wildman–Crippen LogP) is 4.68. The molecule has 0 aliphatic rings. The molecule has 19 heavy (non-hydrogen) atoms. The Morgan fingerprint density at radius 1 is 0.684 bits per heavy atom. The molecule has 96 valence electrons. The van der Waals surface area contributed by atoms with Crippen molar-refractivity contribution >= 4 is 27.2 Å². The topological polar surface area (TPSA) is 3.24 Å². The second-order valence-corrected chi connectivity index (χ2v) is 5.57. The molecule has 0 atom stereocenters. The summed E-state index contributed by atoms with van der Waals surface area (Å²) < 4.78 is 0. The van der Waals surface area contributed by atoms with Crippen LogP contribution in [-0.2, 0) is 0 Å². The Morgan fingerprint density at radius 2 is 1.37 bits per heavy atom. The van der Waals surface area contributed by atoms with E-state index in [0.29, 0.717) is 0 Å². The van der Waals surface area contributed by atoms with E-state index >= 15 is 0 Å². The zero-order chi connectivity index (χ0) is 13.6. The zero-order valence-corrected chi connectivity index (χ0v) is 12.0. The molecule has 0 radical (unpaired) electrons. The van der Waals surface area contributed by atoms with E-state index in [2.05, 4.69) is 75.3 Å². The van der Waals surface area contributed by atoms with Crippen LogP contribution in [0.25, 0.3) is 21.5 Å². The SMILES string of the molecule is Cc1ccc2c(N(C)C)c3cc(C)ccc3cc2c1. The van der Waals surface area contributed by atoms with Gasteiger partial charge in [0.2, 0.25) is 0 Å². The van der Waals surface area contributed by atoms with Crippen molar-refractivity contribution in [1.29, 1.82) is 0 Å². The summed E-state index contributed by atoms with van der Waals surface area (Å²) in [4.78, 5) is 2.22. The molecule has 0 heterocycles. The van der Waals surface area contributed by atoms with Gasteiger partial charge in [0.25, 0.3) is 0 Å². The largest absolute Gasteiger partial charge is 0.377 e. The molecule has 0 aliphatic carbocycles. The maximum absolute atomic E-state index is 2.30. The average molecular weight is 249 g/mol. The molecule has 1 nitrogen and oxygen atoms in total. The van der Waals surface area contributed by atoms with Crippen LogP contribution in [0, 0.1) is 13.8 Å². The maximum atomic E-state index is 2.30. The van der Waals surface area contributed by atoms with Crippen molar-refractivity contribution in [3.8, 4) is 0 Å². The van der Waals surface area contributed by atoms with Gasteiger partial charge in [-0.05, 0) is 36.8 Å². The van der Waals surface area contributed by atoms with Crippen LogP contribution in [0.2, 0.25) is 0 Å². The quantitative estimate of drug-likeness (QED) is 0.566. The Hall–Kier alpha value is -2.02. The number of aryl methyl sites for hydroxylation is 2. The molecule has 3 aromatic rings.